The average Bonchev–Trinajstić information content (AvgIpc) is 2.64. The molecule has 1 aliphatic heterocycles. The first kappa shape index (κ1) is 21.0. The number of ether oxygens (including phenoxy) is 3. The van der Waals surface area contributed by atoms with E-state index >= 15 is 0 Å². The molecule has 7 heteroatoms. The second-order valence-electron chi connectivity index (χ2n) is 6.83. The van der Waals surface area contributed by atoms with Gasteiger partial charge in [0.05, 0.1) is 37.5 Å². The van der Waals surface area contributed by atoms with E-state index in [0.717, 1.165) is 32.7 Å². The molecule has 1 aromatic rings. The highest BCUT2D eigenvalue weighted by molar-refractivity contribution is 9.10. The predicted molar refractivity (Wildman–Crippen MR) is 105 cm³/mol. The number of hydrogen-bond acceptors (Lipinski definition) is 5. The molecule has 1 amide bonds. The van der Waals surface area contributed by atoms with E-state index < -0.39 is 0 Å². The summed E-state index contributed by atoms with van der Waals surface area (Å²) in [6.07, 6.45) is 1.03. The minimum absolute atomic E-state index is 0.163. The smallest absolute Gasteiger partial charge is 0.255 e. The molecule has 1 aliphatic rings. The van der Waals surface area contributed by atoms with Crippen molar-refractivity contribution in [1.82, 2.24) is 10.2 Å². The number of amides is 1. The Balaban J connectivity index is 2.10. The number of nitrogens with one attached hydrogen (secondary N) is 1. The van der Waals surface area contributed by atoms with Gasteiger partial charge in [0.15, 0.2) is 0 Å². The van der Waals surface area contributed by atoms with Gasteiger partial charge in [-0.25, -0.2) is 0 Å². The SMILES string of the molecule is COc1cc(Br)c(OC)c(C(=O)NCC(CC(C)C)N2CCOCC2)c1. The van der Waals surface area contributed by atoms with Crippen molar-refractivity contribution in [3.8, 4) is 11.5 Å². The van der Waals surface area contributed by atoms with Gasteiger partial charge in [0.2, 0.25) is 0 Å². The molecule has 0 saturated carbocycles. The highest BCUT2D eigenvalue weighted by Gasteiger charge is 2.24. The van der Waals surface area contributed by atoms with Gasteiger partial charge in [-0.2, -0.15) is 0 Å². The van der Waals surface area contributed by atoms with Gasteiger partial charge in [-0.1, -0.05) is 13.8 Å². The number of morpholine rings is 1. The Morgan fingerprint density at radius 2 is 1.96 bits per heavy atom. The molecule has 1 atom stereocenters. The van der Waals surface area contributed by atoms with E-state index in [1.54, 1.807) is 26.4 Å². The van der Waals surface area contributed by atoms with Crippen LogP contribution in [0.4, 0.5) is 0 Å². The molecule has 0 aromatic heterocycles. The van der Waals surface area contributed by atoms with Crippen molar-refractivity contribution in [2.24, 2.45) is 5.92 Å². The summed E-state index contributed by atoms with van der Waals surface area (Å²) in [4.78, 5) is 15.2. The number of hydrogen-bond donors (Lipinski definition) is 1. The van der Waals surface area contributed by atoms with E-state index in [-0.39, 0.29) is 5.91 Å². The number of halogens is 1. The van der Waals surface area contributed by atoms with Crippen molar-refractivity contribution in [2.75, 3.05) is 47.1 Å². The van der Waals surface area contributed by atoms with Gasteiger partial charge in [0.25, 0.3) is 5.91 Å². The summed E-state index contributed by atoms with van der Waals surface area (Å²) in [6.45, 7) is 8.31. The van der Waals surface area contributed by atoms with E-state index in [2.05, 4.69) is 40.0 Å². The third kappa shape index (κ3) is 5.59. The first-order chi connectivity index (χ1) is 12.5. The van der Waals surface area contributed by atoms with Crippen molar-refractivity contribution >= 4 is 21.8 Å². The van der Waals surface area contributed by atoms with Gasteiger partial charge >= 0.3 is 0 Å². The lowest BCUT2D eigenvalue weighted by molar-refractivity contribution is 0.0124. The number of benzene rings is 1. The third-order valence-electron chi connectivity index (χ3n) is 4.51. The largest absolute Gasteiger partial charge is 0.497 e. The standard InChI is InChI=1S/C19H29BrN2O4/c1-13(2)9-14(22-5-7-26-8-6-22)12-21-19(23)16-10-15(24-3)11-17(20)18(16)25-4/h10-11,13-14H,5-9,12H2,1-4H3,(H,21,23). The molecular formula is C19H29BrN2O4. The molecule has 2 rings (SSSR count). The molecule has 6 nitrogen and oxygen atoms in total. The number of methoxy groups -OCH3 is 2. The maximum Gasteiger partial charge on any atom is 0.255 e. The van der Waals surface area contributed by atoms with Crippen LogP contribution in [0.25, 0.3) is 0 Å². The van der Waals surface area contributed by atoms with Crippen LogP contribution < -0.4 is 14.8 Å². The van der Waals surface area contributed by atoms with Crippen LogP contribution in [0.15, 0.2) is 16.6 Å². The highest BCUT2D eigenvalue weighted by Crippen LogP contribution is 2.33. The second kappa shape index (κ2) is 10.1. The van der Waals surface area contributed by atoms with Gasteiger partial charge in [0, 0.05) is 25.7 Å². The Bertz CT molecular complexity index is 603. The van der Waals surface area contributed by atoms with Crippen molar-refractivity contribution < 1.29 is 19.0 Å². The van der Waals surface area contributed by atoms with Crippen LogP contribution >= 0.6 is 15.9 Å². The fraction of sp³-hybridized carbons (Fsp3) is 0.632. The highest BCUT2D eigenvalue weighted by atomic mass is 79.9. The predicted octanol–water partition coefficient (Wildman–Crippen LogP) is 2.94. The fourth-order valence-corrected chi connectivity index (χ4v) is 3.82. The van der Waals surface area contributed by atoms with Crippen molar-refractivity contribution in [2.45, 2.75) is 26.3 Å². The summed E-state index contributed by atoms with van der Waals surface area (Å²) in [5, 5.41) is 3.08. The van der Waals surface area contributed by atoms with Crippen molar-refractivity contribution in [1.29, 1.82) is 0 Å². The van der Waals surface area contributed by atoms with E-state index in [4.69, 9.17) is 14.2 Å². The molecule has 1 aromatic carbocycles. The quantitative estimate of drug-likeness (QED) is 0.689. The van der Waals surface area contributed by atoms with Crippen LogP contribution in [-0.4, -0.2) is 63.9 Å². The normalized spacial score (nSPS) is 16.4. The molecule has 0 bridgehead atoms. The Hall–Kier alpha value is -1.31. The lowest BCUT2D eigenvalue weighted by Gasteiger charge is -2.35. The molecule has 0 spiro atoms. The van der Waals surface area contributed by atoms with Crippen LogP contribution in [0, 0.1) is 5.92 Å². The van der Waals surface area contributed by atoms with Gasteiger partial charge in [0.1, 0.15) is 11.5 Å². The second-order valence-corrected chi connectivity index (χ2v) is 7.69. The first-order valence-corrected chi connectivity index (χ1v) is 9.77. The molecule has 1 saturated heterocycles. The minimum atomic E-state index is -0.163. The zero-order valence-electron chi connectivity index (χ0n) is 16.0. The Morgan fingerprint density at radius 1 is 1.27 bits per heavy atom. The Labute approximate surface area is 164 Å². The van der Waals surface area contributed by atoms with E-state index in [9.17, 15) is 4.79 Å². The molecule has 1 heterocycles. The maximum absolute atomic E-state index is 12.8. The van der Waals surface area contributed by atoms with Gasteiger partial charge < -0.3 is 19.5 Å². The first-order valence-electron chi connectivity index (χ1n) is 8.97. The van der Waals surface area contributed by atoms with E-state index in [1.165, 1.54) is 0 Å². The van der Waals surface area contributed by atoms with Crippen LogP contribution in [0.5, 0.6) is 11.5 Å². The minimum Gasteiger partial charge on any atom is -0.497 e. The zero-order valence-corrected chi connectivity index (χ0v) is 17.6. The van der Waals surface area contributed by atoms with Gasteiger partial charge in [-0.3, -0.25) is 9.69 Å². The monoisotopic (exact) mass is 428 g/mol. The Morgan fingerprint density at radius 3 is 2.54 bits per heavy atom. The molecule has 1 fully saturated rings. The molecule has 146 valence electrons. The topological polar surface area (TPSA) is 60.0 Å². The van der Waals surface area contributed by atoms with Crippen molar-refractivity contribution in [3.63, 3.8) is 0 Å². The lowest BCUT2D eigenvalue weighted by atomic mass is 10.0. The zero-order chi connectivity index (χ0) is 19.1. The number of carbonyl (C=O) groups excluding carboxylic acids is 1. The number of nitrogens with zero attached hydrogens (tertiary/aromatic N) is 1. The molecule has 26 heavy (non-hydrogen) atoms. The molecule has 0 aliphatic carbocycles. The molecule has 1 N–H and O–H groups in total. The summed E-state index contributed by atoms with van der Waals surface area (Å²) in [5.74, 6) is 1.51. The Kier molecular flexibility index (Phi) is 8.18. The van der Waals surface area contributed by atoms with Crippen LogP contribution in [0.1, 0.15) is 30.6 Å². The van der Waals surface area contributed by atoms with Crippen LogP contribution in [0.2, 0.25) is 0 Å². The number of rotatable bonds is 8. The summed E-state index contributed by atoms with van der Waals surface area (Å²) in [7, 11) is 3.13. The van der Waals surface area contributed by atoms with Gasteiger partial charge in [-0.05, 0) is 40.4 Å². The fourth-order valence-electron chi connectivity index (χ4n) is 3.22. The third-order valence-corrected chi connectivity index (χ3v) is 5.09. The molecule has 1 unspecified atom stereocenters. The number of carbonyl (C=O) groups is 1. The van der Waals surface area contributed by atoms with E-state index in [0.29, 0.717) is 40.0 Å². The summed E-state index contributed by atoms with van der Waals surface area (Å²) in [6, 6.07) is 3.78. The van der Waals surface area contributed by atoms with Crippen LogP contribution in [-0.2, 0) is 4.74 Å². The molecule has 0 radical (unpaired) electrons. The summed E-state index contributed by atoms with van der Waals surface area (Å²) in [5.41, 5.74) is 0.462. The van der Waals surface area contributed by atoms with Gasteiger partial charge in [-0.15, -0.1) is 0 Å². The summed E-state index contributed by atoms with van der Waals surface area (Å²) < 4.78 is 16.8. The average molecular weight is 429 g/mol. The maximum atomic E-state index is 12.8. The van der Waals surface area contributed by atoms with Crippen LogP contribution in [0.3, 0.4) is 0 Å². The lowest BCUT2D eigenvalue weighted by Crippen LogP contribution is -2.49. The molecular weight excluding hydrogens is 400 g/mol. The summed E-state index contributed by atoms with van der Waals surface area (Å²) >= 11 is 3.44. The van der Waals surface area contributed by atoms with E-state index in [1.807, 2.05) is 0 Å². The van der Waals surface area contributed by atoms with Crippen molar-refractivity contribution in [3.05, 3.63) is 22.2 Å².